The van der Waals surface area contributed by atoms with Crippen LogP contribution in [-0.2, 0) is 16.0 Å². The molecule has 18 heavy (non-hydrogen) atoms. The average molecular weight is 250 g/mol. The van der Waals surface area contributed by atoms with Crippen LogP contribution in [-0.4, -0.2) is 40.7 Å². The fraction of sp³-hybridized carbons (Fsp3) is 0.333. The Morgan fingerprint density at radius 3 is 2.17 bits per heavy atom. The van der Waals surface area contributed by atoms with Gasteiger partial charge in [0.2, 0.25) is 11.8 Å². The normalized spacial score (nSPS) is 23.4. The predicted octanol–water partition coefficient (Wildman–Crippen LogP) is -1.09. The fourth-order valence-corrected chi connectivity index (χ4v) is 1.82. The van der Waals surface area contributed by atoms with Gasteiger partial charge >= 0.3 is 0 Å². The van der Waals surface area contributed by atoms with Crippen LogP contribution in [0.3, 0.4) is 0 Å². The topological polar surface area (TPSA) is 98.7 Å². The quantitative estimate of drug-likeness (QED) is 0.548. The van der Waals surface area contributed by atoms with Gasteiger partial charge in [-0.25, -0.2) is 0 Å². The van der Waals surface area contributed by atoms with Crippen molar-refractivity contribution >= 4 is 11.8 Å². The minimum absolute atomic E-state index is 0.149. The van der Waals surface area contributed by atoms with E-state index in [9.17, 15) is 9.59 Å². The number of amides is 2. The van der Waals surface area contributed by atoms with Gasteiger partial charge < -0.3 is 20.8 Å². The Bertz CT molecular complexity index is 458. The molecule has 4 N–H and O–H groups in total. The minimum atomic E-state index is -0.867. The second kappa shape index (κ2) is 5.05. The van der Waals surface area contributed by atoms with Crippen molar-refractivity contribution in [2.45, 2.75) is 18.5 Å². The molecule has 6 heteroatoms. The number of hydrogen-bond donors (Lipinski definition) is 4. The van der Waals surface area contributed by atoms with Gasteiger partial charge in [0.1, 0.15) is 17.8 Å². The third-order valence-electron chi connectivity index (χ3n) is 2.82. The summed E-state index contributed by atoms with van der Waals surface area (Å²) in [5.74, 6) is -0.557. The molecule has 1 aromatic carbocycles. The molecular formula is C12H14N2O4. The van der Waals surface area contributed by atoms with Crippen LogP contribution in [0.25, 0.3) is 0 Å². The third-order valence-corrected chi connectivity index (χ3v) is 2.82. The van der Waals surface area contributed by atoms with E-state index in [0.29, 0.717) is 6.42 Å². The van der Waals surface area contributed by atoms with Crippen LogP contribution in [0, 0.1) is 0 Å². The van der Waals surface area contributed by atoms with Gasteiger partial charge in [-0.2, -0.15) is 0 Å². The highest BCUT2D eigenvalue weighted by atomic mass is 16.3. The lowest BCUT2D eigenvalue weighted by molar-refractivity contribution is -0.137. The van der Waals surface area contributed by atoms with Crippen LogP contribution in [0.1, 0.15) is 5.56 Å². The molecule has 0 bridgehead atoms. The molecule has 96 valence electrons. The lowest BCUT2D eigenvalue weighted by atomic mass is 10.0. The maximum atomic E-state index is 11.7. The molecule has 0 aromatic heterocycles. The van der Waals surface area contributed by atoms with Crippen molar-refractivity contribution in [2.24, 2.45) is 0 Å². The van der Waals surface area contributed by atoms with Crippen molar-refractivity contribution < 1.29 is 19.8 Å². The summed E-state index contributed by atoms with van der Waals surface area (Å²) < 4.78 is 0. The minimum Gasteiger partial charge on any atom is -0.508 e. The van der Waals surface area contributed by atoms with E-state index in [1.165, 1.54) is 12.1 Å². The van der Waals surface area contributed by atoms with Crippen molar-refractivity contribution in [1.82, 2.24) is 10.6 Å². The summed E-state index contributed by atoms with van der Waals surface area (Å²) in [5, 5.41) is 23.0. The zero-order valence-corrected chi connectivity index (χ0v) is 9.59. The number of aromatic hydroxyl groups is 1. The van der Waals surface area contributed by atoms with Crippen molar-refractivity contribution in [3.8, 4) is 5.75 Å². The van der Waals surface area contributed by atoms with Gasteiger partial charge in [0, 0.05) is 6.42 Å². The first-order valence-corrected chi connectivity index (χ1v) is 5.59. The third kappa shape index (κ3) is 2.60. The van der Waals surface area contributed by atoms with Crippen LogP contribution in [0.4, 0.5) is 0 Å². The number of rotatable bonds is 3. The first-order chi connectivity index (χ1) is 8.60. The summed E-state index contributed by atoms with van der Waals surface area (Å²) in [5.41, 5.74) is 0.829. The summed E-state index contributed by atoms with van der Waals surface area (Å²) in [6.07, 6.45) is 0.343. The predicted molar refractivity (Wildman–Crippen MR) is 62.8 cm³/mol. The number of aliphatic hydroxyl groups is 1. The summed E-state index contributed by atoms with van der Waals surface area (Å²) in [7, 11) is 0. The number of benzene rings is 1. The highest BCUT2D eigenvalue weighted by Gasteiger charge is 2.32. The zero-order chi connectivity index (χ0) is 13.1. The summed E-state index contributed by atoms with van der Waals surface area (Å²) in [6.45, 7) is -0.413. The highest BCUT2D eigenvalue weighted by Crippen LogP contribution is 2.12. The number of hydrogen-bond acceptors (Lipinski definition) is 4. The molecule has 2 atom stereocenters. The Kier molecular flexibility index (Phi) is 3.47. The van der Waals surface area contributed by atoms with E-state index in [2.05, 4.69) is 10.6 Å². The van der Waals surface area contributed by atoms with Gasteiger partial charge in [-0.15, -0.1) is 0 Å². The zero-order valence-electron chi connectivity index (χ0n) is 9.59. The molecule has 1 aromatic rings. The van der Waals surface area contributed by atoms with E-state index in [-0.39, 0.29) is 17.6 Å². The number of carbonyl (C=O) groups excluding carboxylic acids is 2. The largest absolute Gasteiger partial charge is 0.508 e. The first-order valence-electron chi connectivity index (χ1n) is 5.59. The van der Waals surface area contributed by atoms with E-state index in [0.717, 1.165) is 5.56 Å². The lowest BCUT2D eigenvalue weighted by Crippen LogP contribution is -2.63. The van der Waals surface area contributed by atoms with Crippen molar-refractivity contribution in [1.29, 1.82) is 0 Å². The number of phenols is 1. The Morgan fingerprint density at radius 1 is 1.00 bits per heavy atom. The summed E-state index contributed by atoms with van der Waals surface area (Å²) in [4.78, 5) is 23.2. The van der Waals surface area contributed by atoms with E-state index in [1.807, 2.05) is 0 Å². The van der Waals surface area contributed by atoms with Gasteiger partial charge in [0.15, 0.2) is 0 Å². The molecule has 1 aliphatic heterocycles. The van der Waals surface area contributed by atoms with E-state index in [4.69, 9.17) is 10.2 Å². The van der Waals surface area contributed by atoms with Gasteiger partial charge in [-0.3, -0.25) is 9.59 Å². The summed E-state index contributed by atoms with van der Waals surface area (Å²) in [6, 6.07) is 4.90. The highest BCUT2D eigenvalue weighted by molar-refractivity contribution is 5.97. The molecule has 2 amide bonds. The molecule has 0 radical (unpaired) electrons. The molecule has 6 nitrogen and oxygen atoms in total. The molecule has 1 heterocycles. The summed E-state index contributed by atoms with van der Waals surface area (Å²) >= 11 is 0. The molecule has 1 fully saturated rings. The average Bonchev–Trinajstić information content (AvgIpc) is 2.36. The number of piperazine rings is 1. The SMILES string of the molecule is O=C1N[C@H](Cc2ccc(O)cc2)C(=O)NC1CO. The van der Waals surface area contributed by atoms with Gasteiger partial charge in [-0.05, 0) is 17.7 Å². The molecule has 1 unspecified atom stereocenters. The molecule has 0 spiro atoms. The fourth-order valence-electron chi connectivity index (χ4n) is 1.82. The Hall–Kier alpha value is -2.08. The molecule has 1 saturated heterocycles. The molecule has 0 aliphatic carbocycles. The van der Waals surface area contributed by atoms with Crippen LogP contribution in [0.5, 0.6) is 5.75 Å². The van der Waals surface area contributed by atoms with Gasteiger partial charge in [0.25, 0.3) is 0 Å². The Balaban J connectivity index is 2.04. The lowest BCUT2D eigenvalue weighted by Gasteiger charge is -2.28. The second-order valence-corrected chi connectivity index (χ2v) is 4.18. The standard InChI is InChI=1S/C12H14N2O4/c15-6-10-12(18)13-9(11(17)14-10)5-7-1-3-8(16)4-2-7/h1-4,9-10,15-16H,5-6H2,(H,13,18)(H,14,17)/t9-,10?/m1/s1. The van der Waals surface area contributed by atoms with Crippen molar-refractivity contribution in [3.63, 3.8) is 0 Å². The Morgan fingerprint density at radius 2 is 1.56 bits per heavy atom. The van der Waals surface area contributed by atoms with Gasteiger partial charge in [-0.1, -0.05) is 12.1 Å². The van der Waals surface area contributed by atoms with Crippen molar-refractivity contribution in [3.05, 3.63) is 29.8 Å². The number of nitrogens with one attached hydrogen (secondary N) is 2. The van der Waals surface area contributed by atoms with Crippen LogP contribution in [0.2, 0.25) is 0 Å². The second-order valence-electron chi connectivity index (χ2n) is 4.18. The number of phenolic OH excluding ortho intramolecular Hbond substituents is 1. The smallest absolute Gasteiger partial charge is 0.245 e. The van der Waals surface area contributed by atoms with E-state index in [1.54, 1.807) is 12.1 Å². The maximum Gasteiger partial charge on any atom is 0.245 e. The van der Waals surface area contributed by atoms with Crippen LogP contribution < -0.4 is 10.6 Å². The molecule has 0 saturated carbocycles. The molecule has 2 rings (SSSR count). The van der Waals surface area contributed by atoms with E-state index >= 15 is 0 Å². The van der Waals surface area contributed by atoms with Crippen LogP contribution in [0.15, 0.2) is 24.3 Å². The Labute approximate surface area is 104 Å². The maximum absolute atomic E-state index is 11.7. The van der Waals surface area contributed by atoms with Crippen LogP contribution >= 0.6 is 0 Å². The van der Waals surface area contributed by atoms with Gasteiger partial charge in [0.05, 0.1) is 6.61 Å². The molecular weight excluding hydrogens is 236 g/mol. The van der Waals surface area contributed by atoms with E-state index < -0.39 is 18.7 Å². The van der Waals surface area contributed by atoms with Crippen molar-refractivity contribution in [2.75, 3.05) is 6.61 Å². The monoisotopic (exact) mass is 250 g/mol. The number of aliphatic hydroxyl groups excluding tert-OH is 1. The first kappa shape index (κ1) is 12.4. The molecule has 1 aliphatic rings. The number of carbonyl (C=O) groups is 2.